The van der Waals surface area contributed by atoms with Crippen molar-refractivity contribution in [1.82, 2.24) is 4.57 Å². The predicted octanol–water partition coefficient (Wildman–Crippen LogP) is 3.28. The average molecular weight is 385 g/mol. The van der Waals surface area contributed by atoms with E-state index in [2.05, 4.69) is 21.2 Å². The summed E-state index contributed by atoms with van der Waals surface area (Å²) in [7, 11) is 0. The molecule has 0 radical (unpaired) electrons. The van der Waals surface area contributed by atoms with E-state index in [1.165, 1.54) is 0 Å². The molecule has 5 nitrogen and oxygen atoms in total. The summed E-state index contributed by atoms with van der Waals surface area (Å²) < 4.78 is 2.45. The number of hydrogen-bond acceptors (Lipinski definition) is 3. The molecule has 0 bridgehead atoms. The van der Waals surface area contributed by atoms with Gasteiger partial charge >= 0.3 is 0 Å². The van der Waals surface area contributed by atoms with Gasteiger partial charge in [0.1, 0.15) is 11.3 Å². The fourth-order valence-electron chi connectivity index (χ4n) is 3.15. The van der Waals surface area contributed by atoms with Gasteiger partial charge in [-0.1, -0.05) is 28.1 Å². The molecule has 0 atom stereocenters. The number of hydrogen-bond donors (Lipinski definition) is 2. The summed E-state index contributed by atoms with van der Waals surface area (Å²) >= 11 is 3.33. The third-order valence-electron chi connectivity index (χ3n) is 4.27. The highest BCUT2D eigenvalue weighted by molar-refractivity contribution is 9.10. The minimum Gasteiger partial charge on any atom is -0.506 e. The van der Waals surface area contributed by atoms with Crippen molar-refractivity contribution in [3.8, 4) is 5.75 Å². The zero-order chi connectivity index (χ0) is 16.8. The quantitative estimate of drug-likeness (QED) is 0.711. The fraction of sp³-hybridized carbons (Fsp3) is 0.111. The molecule has 1 aliphatic rings. The standard InChI is InChI=1S/C18H13BrN2O3/c19-11-4-6-12(7-5-11)20-17(23)14-16(22)13-3-1-2-10-8-9-21(15(10)13)18(14)24/h1-7,22H,8-9H2,(H,20,23). The molecule has 0 saturated heterocycles. The van der Waals surface area contributed by atoms with Crippen LogP contribution in [0.15, 0.2) is 51.7 Å². The molecule has 1 aromatic heterocycles. The Labute approximate surface area is 145 Å². The minimum absolute atomic E-state index is 0.218. The lowest BCUT2D eigenvalue weighted by Gasteiger charge is -2.11. The van der Waals surface area contributed by atoms with Crippen LogP contribution in [0.4, 0.5) is 5.69 Å². The molecule has 0 aliphatic carbocycles. The third kappa shape index (κ3) is 2.22. The van der Waals surface area contributed by atoms with Crippen LogP contribution in [0, 0.1) is 0 Å². The fourth-order valence-corrected chi connectivity index (χ4v) is 3.42. The second kappa shape index (κ2) is 5.49. The number of amides is 1. The molecule has 4 rings (SSSR count). The smallest absolute Gasteiger partial charge is 0.267 e. The van der Waals surface area contributed by atoms with Gasteiger partial charge in [-0.15, -0.1) is 0 Å². The van der Waals surface area contributed by atoms with E-state index in [9.17, 15) is 14.7 Å². The third-order valence-corrected chi connectivity index (χ3v) is 4.80. The predicted molar refractivity (Wildman–Crippen MR) is 95.7 cm³/mol. The van der Waals surface area contributed by atoms with Crippen LogP contribution >= 0.6 is 15.9 Å². The lowest BCUT2D eigenvalue weighted by Crippen LogP contribution is -2.28. The number of halogens is 1. The van der Waals surface area contributed by atoms with Crippen molar-refractivity contribution in [2.75, 3.05) is 5.32 Å². The number of carbonyl (C=O) groups excluding carboxylic acids is 1. The van der Waals surface area contributed by atoms with Gasteiger partial charge in [-0.2, -0.15) is 0 Å². The molecular weight excluding hydrogens is 372 g/mol. The van der Waals surface area contributed by atoms with E-state index in [1.807, 2.05) is 12.1 Å². The molecule has 0 saturated carbocycles. The summed E-state index contributed by atoms with van der Waals surface area (Å²) in [4.78, 5) is 25.3. The number of aryl methyl sites for hydroxylation is 2. The first kappa shape index (κ1) is 15.0. The van der Waals surface area contributed by atoms with Crippen LogP contribution in [-0.4, -0.2) is 15.6 Å². The summed E-state index contributed by atoms with van der Waals surface area (Å²) in [5, 5.41) is 13.7. The monoisotopic (exact) mass is 384 g/mol. The first-order valence-corrected chi connectivity index (χ1v) is 8.30. The first-order chi connectivity index (χ1) is 11.6. The van der Waals surface area contributed by atoms with Gasteiger partial charge in [-0.3, -0.25) is 9.59 Å². The van der Waals surface area contributed by atoms with Crippen molar-refractivity contribution in [3.05, 3.63) is 68.4 Å². The molecule has 0 unspecified atom stereocenters. The molecule has 2 N–H and O–H groups in total. The largest absolute Gasteiger partial charge is 0.506 e. The van der Waals surface area contributed by atoms with E-state index in [1.54, 1.807) is 34.9 Å². The molecule has 2 heterocycles. The van der Waals surface area contributed by atoms with Crippen molar-refractivity contribution in [2.24, 2.45) is 0 Å². The van der Waals surface area contributed by atoms with Crippen LogP contribution in [-0.2, 0) is 13.0 Å². The van der Waals surface area contributed by atoms with Crippen LogP contribution < -0.4 is 10.9 Å². The maximum Gasteiger partial charge on any atom is 0.267 e. The Morgan fingerprint density at radius 2 is 1.92 bits per heavy atom. The van der Waals surface area contributed by atoms with E-state index < -0.39 is 11.5 Å². The Morgan fingerprint density at radius 1 is 1.17 bits per heavy atom. The van der Waals surface area contributed by atoms with Crippen molar-refractivity contribution >= 4 is 38.4 Å². The number of nitrogens with zero attached hydrogens (tertiary/aromatic N) is 1. The number of aromatic nitrogens is 1. The van der Waals surface area contributed by atoms with Gasteiger partial charge in [0, 0.05) is 22.1 Å². The maximum absolute atomic E-state index is 12.7. The number of benzene rings is 2. The Bertz CT molecular complexity index is 1040. The Morgan fingerprint density at radius 3 is 2.67 bits per heavy atom. The number of rotatable bonds is 2. The SMILES string of the molecule is O=C(Nc1ccc(Br)cc1)c1c(O)c2cccc3c2n(c1=O)CC3. The second-order valence-electron chi connectivity index (χ2n) is 5.70. The zero-order valence-electron chi connectivity index (χ0n) is 12.5. The summed E-state index contributed by atoms with van der Waals surface area (Å²) in [6.07, 6.45) is 0.726. The molecule has 1 aliphatic heterocycles. The van der Waals surface area contributed by atoms with Gasteiger partial charge < -0.3 is 15.0 Å². The highest BCUT2D eigenvalue weighted by Gasteiger charge is 2.25. The molecule has 3 aromatic rings. The van der Waals surface area contributed by atoms with Crippen LogP contribution in [0.5, 0.6) is 5.75 Å². The van der Waals surface area contributed by atoms with Crippen LogP contribution in [0.3, 0.4) is 0 Å². The number of carbonyl (C=O) groups is 1. The lowest BCUT2D eigenvalue weighted by atomic mass is 10.1. The summed E-state index contributed by atoms with van der Waals surface area (Å²) in [6.45, 7) is 0.521. The maximum atomic E-state index is 12.7. The zero-order valence-corrected chi connectivity index (χ0v) is 14.1. The normalized spacial score (nSPS) is 12.5. The lowest BCUT2D eigenvalue weighted by molar-refractivity contribution is 0.102. The first-order valence-electron chi connectivity index (χ1n) is 7.50. The summed E-state index contributed by atoms with van der Waals surface area (Å²) in [5.74, 6) is -0.868. The van der Waals surface area contributed by atoms with E-state index in [-0.39, 0.29) is 11.3 Å². The van der Waals surface area contributed by atoms with Gasteiger partial charge in [0.05, 0.1) is 5.52 Å². The molecule has 0 spiro atoms. The number of nitrogens with one attached hydrogen (secondary N) is 1. The molecule has 1 amide bonds. The van der Waals surface area contributed by atoms with Gasteiger partial charge in [-0.25, -0.2) is 0 Å². The van der Waals surface area contributed by atoms with Crippen molar-refractivity contribution in [3.63, 3.8) is 0 Å². The number of aromatic hydroxyl groups is 1. The van der Waals surface area contributed by atoms with Crippen LogP contribution in [0.25, 0.3) is 10.9 Å². The van der Waals surface area contributed by atoms with Crippen molar-refractivity contribution in [1.29, 1.82) is 0 Å². The Kier molecular flexibility index (Phi) is 3.42. The van der Waals surface area contributed by atoms with Crippen LogP contribution in [0.1, 0.15) is 15.9 Å². The van der Waals surface area contributed by atoms with Gasteiger partial charge in [0.25, 0.3) is 11.5 Å². The summed E-state index contributed by atoms with van der Waals surface area (Å²) in [5.41, 5.74) is 1.61. The molecule has 24 heavy (non-hydrogen) atoms. The van der Waals surface area contributed by atoms with Crippen molar-refractivity contribution in [2.45, 2.75) is 13.0 Å². The Balaban J connectivity index is 1.84. The number of para-hydroxylation sites is 1. The highest BCUT2D eigenvalue weighted by atomic mass is 79.9. The highest BCUT2D eigenvalue weighted by Crippen LogP contribution is 2.32. The molecule has 2 aromatic carbocycles. The summed E-state index contributed by atoms with van der Waals surface area (Å²) in [6, 6.07) is 12.5. The average Bonchev–Trinajstić information content (AvgIpc) is 3.00. The number of anilines is 1. The van der Waals surface area contributed by atoms with E-state index in [0.29, 0.717) is 17.6 Å². The molecule has 120 valence electrons. The van der Waals surface area contributed by atoms with Gasteiger partial charge in [0.15, 0.2) is 0 Å². The van der Waals surface area contributed by atoms with E-state index >= 15 is 0 Å². The van der Waals surface area contributed by atoms with E-state index in [0.717, 1.165) is 22.0 Å². The molecule has 0 fully saturated rings. The Hall–Kier alpha value is -2.60. The number of pyridine rings is 1. The topological polar surface area (TPSA) is 71.3 Å². The molecular formula is C18H13BrN2O3. The minimum atomic E-state index is -0.609. The second-order valence-corrected chi connectivity index (χ2v) is 6.62. The van der Waals surface area contributed by atoms with Crippen molar-refractivity contribution < 1.29 is 9.90 Å². The van der Waals surface area contributed by atoms with E-state index in [4.69, 9.17) is 0 Å². The molecule has 6 heteroatoms. The van der Waals surface area contributed by atoms with Gasteiger partial charge in [0.2, 0.25) is 0 Å². The van der Waals surface area contributed by atoms with Crippen LogP contribution in [0.2, 0.25) is 0 Å². The van der Waals surface area contributed by atoms with Gasteiger partial charge in [-0.05, 0) is 42.3 Å².